The second kappa shape index (κ2) is 8.52. The fourth-order valence-electron chi connectivity index (χ4n) is 3.31. The first-order valence-corrected chi connectivity index (χ1v) is 11.7. The highest BCUT2D eigenvalue weighted by molar-refractivity contribution is 7.92. The molecule has 1 aromatic heterocycles. The minimum absolute atomic E-state index is 0.00910. The molecule has 1 aliphatic rings. The third-order valence-electron chi connectivity index (χ3n) is 4.66. The fourth-order valence-corrected chi connectivity index (χ4v) is 5.39. The number of hydrogen-bond acceptors (Lipinski definition) is 5. The van der Waals surface area contributed by atoms with Crippen LogP contribution in [0.5, 0.6) is 0 Å². The third kappa shape index (κ3) is 5.26. The molecule has 7 nitrogen and oxygen atoms in total. The standard InChI is InChI=1S/C18H22FN3O4S2/c1-22-14-8-7-12(19)9-15(14)27-18(22)21-17(24)11-28(25,26)10-16(23)20-13-5-3-2-4-6-13/h7-9,13H,2-6,10-11H2,1H3,(H,20,23). The highest BCUT2D eigenvalue weighted by Crippen LogP contribution is 2.18. The Hall–Kier alpha value is -2.07. The summed E-state index contributed by atoms with van der Waals surface area (Å²) < 4.78 is 39.9. The average molecular weight is 428 g/mol. The van der Waals surface area contributed by atoms with Crippen LogP contribution in [0.3, 0.4) is 0 Å². The van der Waals surface area contributed by atoms with Crippen molar-refractivity contribution in [2.45, 2.75) is 38.1 Å². The number of carbonyl (C=O) groups excluding carboxylic acids is 2. The molecular formula is C18H22FN3O4S2. The summed E-state index contributed by atoms with van der Waals surface area (Å²) in [6.45, 7) is 0. The van der Waals surface area contributed by atoms with Crippen LogP contribution in [0.1, 0.15) is 32.1 Å². The molecule has 10 heteroatoms. The number of nitrogens with zero attached hydrogens (tertiary/aromatic N) is 2. The number of aryl methyl sites for hydroxylation is 1. The molecule has 0 atom stereocenters. The molecule has 0 aliphatic heterocycles. The van der Waals surface area contributed by atoms with Gasteiger partial charge in [0, 0.05) is 13.1 Å². The van der Waals surface area contributed by atoms with Crippen molar-refractivity contribution in [1.82, 2.24) is 9.88 Å². The van der Waals surface area contributed by atoms with Gasteiger partial charge in [-0.1, -0.05) is 30.6 Å². The highest BCUT2D eigenvalue weighted by atomic mass is 32.2. The Kier molecular flexibility index (Phi) is 6.29. The molecule has 0 unspecified atom stereocenters. The molecule has 0 radical (unpaired) electrons. The topological polar surface area (TPSA) is 97.6 Å². The van der Waals surface area contributed by atoms with Gasteiger partial charge < -0.3 is 9.88 Å². The molecule has 1 saturated carbocycles. The monoisotopic (exact) mass is 427 g/mol. The molecule has 1 aromatic carbocycles. The minimum atomic E-state index is -3.92. The zero-order chi connectivity index (χ0) is 20.3. The first kappa shape index (κ1) is 20.7. The number of benzene rings is 1. The quantitative estimate of drug-likeness (QED) is 0.785. The number of thiazole rings is 1. The lowest BCUT2D eigenvalue weighted by Gasteiger charge is -2.22. The van der Waals surface area contributed by atoms with Crippen LogP contribution in [-0.4, -0.2) is 42.3 Å². The van der Waals surface area contributed by atoms with Crippen LogP contribution in [0.15, 0.2) is 23.2 Å². The lowest BCUT2D eigenvalue weighted by Crippen LogP contribution is -2.40. The van der Waals surface area contributed by atoms with Crippen molar-refractivity contribution >= 4 is 43.2 Å². The summed E-state index contributed by atoms with van der Waals surface area (Å²) in [4.78, 5) is 28.3. The van der Waals surface area contributed by atoms with E-state index in [1.54, 1.807) is 17.7 Å². The first-order chi connectivity index (χ1) is 13.2. The summed E-state index contributed by atoms with van der Waals surface area (Å²) in [5.74, 6) is -3.41. The maximum atomic E-state index is 13.3. The van der Waals surface area contributed by atoms with Gasteiger partial charge >= 0.3 is 0 Å². The molecule has 0 bridgehead atoms. The van der Waals surface area contributed by atoms with E-state index in [0.717, 1.165) is 43.4 Å². The normalized spacial score (nSPS) is 16.4. The van der Waals surface area contributed by atoms with Crippen molar-refractivity contribution in [2.24, 2.45) is 12.0 Å². The molecule has 0 spiro atoms. The maximum Gasteiger partial charge on any atom is 0.263 e. The largest absolute Gasteiger partial charge is 0.352 e. The van der Waals surface area contributed by atoms with Crippen molar-refractivity contribution in [2.75, 3.05) is 11.5 Å². The van der Waals surface area contributed by atoms with Crippen molar-refractivity contribution in [3.8, 4) is 0 Å². The lowest BCUT2D eigenvalue weighted by atomic mass is 9.95. The lowest BCUT2D eigenvalue weighted by molar-refractivity contribution is -0.119. The van der Waals surface area contributed by atoms with E-state index >= 15 is 0 Å². The maximum absolute atomic E-state index is 13.3. The number of halogens is 1. The van der Waals surface area contributed by atoms with Gasteiger partial charge in [0.05, 0.1) is 10.2 Å². The van der Waals surface area contributed by atoms with Gasteiger partial charge in [-0.05, 0) is 31.0 Å². The van der Waals surface area contributed by atoms with E-state index in [0.29, 0.717) is 10.2 Å². The molecule has 1 N–H and O–H groups in total. The van der Waals surface area contributed by atoms with Crippen molar-refractivity contribution in [1.29, 1.82) is 0 Å². The molecule has 28 heavy (non-hydrogen) atoms. The predicted octanol–water partition coefficient (Wildman–Crippen LogP) is 1.67. The van der Waals surface area contributed by atoms with Crippen LogP contribution in [0.4, 0.5) is 4.39 Å². The van der Waals surface area contributed by atoms with Gasteiger partial charge in [0.25, 0.3) is 5.91 Å². The van der Waals surface area contributed by atoms with Crippen molar-refractivity contribution < 1.29 is 22.4 Å². The van der Waals surface area contributed by atoms with Gasteiger partial charge in [-0.15, -0.1) is 0 Å². The summed E-state index contributed by atoms with van der Waals surface area (Å²) in [7, 11) is -2.26. The van der Waals surface area contributed by atoms with Crippen LogP contribution in [0, 0.1) is 5.82 Å². The summed E-state index contributed by atoms with van der Waals surface area (Å²) >= 11 is 1.09. The van der Waals surface area contributed by atoms with E-state index in [4.69, 9.17) is 0 Å². The van der Waals surface area contributed by atoms with Gasteiger partial charge in [-0.25, -0.2) is 12.8 Å². The molecule has 0 saturated heterocycles. The van der Waals surface area contributed by atoms with Crippen molar-refractivity contribution in [3.05, 3.63) is 28.8 Å². The zero-order valence-electron chi connectivity index (χ0n) is 15.5. The highest BCUT2D eigenvalue weighted by Gasteiger charge is 2.23. The van der Waals surface area contributed by atoms with Gasteiger partial charge in [0.15, 0.2) is 14.6 Å². The number of sulfone groups is 1. The van der Waals surface area contributed by atoms with E-state index in [-0.39, 0.29) is 10.8 Å². The Labute approximate surface area is 166 Å². The van der Waals surface area contributed by atoms with Gasteiger partial charge in [0.1, 0.15) is 17.3 Å². The molecule has 1 aliphatic carbocycles. The van der Waals surface area contributed by atoms with Crippen molar-refractivity contribution in [3.63, 3.8) is 0 Å². The SMILES string of the molecule is Cn1c(=NC(=O)CS(=O)(=O)CC(=O)NC2CCCCC2)sc2cc(F)ccc21. The second-order valence-corrected chi connectivity index (χ2v) is 10.1. The van der Waals surface area contributed by atoms with Crippen LogP contribution in [0.2, 0.25) is 0 Å². The minimum Gasteiger partial charge on any atom is -0.352 e. The van der Waals surface area contributed by atoms with E-state index < -0.39 is 39.0 Å². The predicted molar refractivity (Wildman–Crippen MR) is 105 cm³/mol. The Balaban J connectivity index is 1.67. The van der Waals surface area contributed by atoms with Crippen LogP contribution in [0.25, 0.3) is 10.2 Å². The Morgan fingerprint density at radius 3 is 2.68 bits per heavy atom. The number of aromatic nitrogens is 1. The van der Waals surface area contributed by atoms with Crippen LogP contribution in [-0.2, 0) is 26.5 Å². The number of fused-ring (bicyclic) bond motifs is 1. The second-order valence-electron chi connectivity index (χ2n) is 7.00. The molecule has 2 amide bonds. The van der Waals surface area contributed by atoms with E-state index in [9.17, 15) is 22.4 Å². The number of hydrogen-bond donors (Lipinski definition) is 1. The van der Waals surface area contributed by atoms with Crippen LogP contribution >= 0.6 is 11.3 Å². The summed E-state index contributed by atoms with van der Waals surface area (Å²) in [6, 6.07) is 4.21. The van der Waals surface area contributed by atoms with Gasteiger partial charge in [-0.3, -0.25) is 9.59 Å². The summed E-state index contributed by atoms with van der Waals surface area (Å²) in [5, 5.41) is 2.73. The number of carbonyl (C=O) groups is 2. The fraction of sp³-hybridized carbons (Fsp3) is 0.500. The number of rotatable bonds is 5. The number of amides is 2. The molecule has 3 rings (SSSR count). The van der Waals surface area contributed by atoms with Gasteiger partial charge in [-0.2, -0.15) is 4.99 Å². The van der Waals surface area contributed by atoms with E-state index in [1.807, 2.05) is 0 Å². The van der Waals surface area contributed by atoms with Gasteiger partial charge in [0.2, 0.25) is 5.91 Å². The molecule has 2 aromatic rings. The zero-order valence-corrected chi connectivity index (χ0v) is 17.1. The Morgan fingerprint density at radius 2 is 1.96 bits per heavy atom. The molecular weight excluding hydrogens is 405 g/mol. The number of nitrogens with one attached hydrogen (secondary N) is 1. The average Bonchev–Trinajstić information content (AvgIpc) is 2.89. The smallest absolute Gasteiger partial charge is 0.263 e. The summed E-state index contributed by atoms with van der Waals surface area (Å²) in [5.41, 5.74) is 0.688. The van der Waals surface area contributed by atoms with E-state index in [2.05, 4.69) is 10.3 Å². The van der Waals surface area contributed by atoms with Crippen LogP contribution < -0.4 is 10.1 Å². The van der Waals surface area contributed by atoms with E-state index in [1.165, 1.54) is 12.1 Å². The summed E-state index contributed by atoms with van der Waals surface area (Å²) in [6.07, 6.45) is 4.87. The first-order valence-electron chi connectivity index (χ1n) is 9.06. The third-order valence-corrected chi connectivity index (χ3v) is 7.14. The molecule has 1 heterocycles. The molecule has 152 valence electrons. The molecule has 1 fully saturated rings. The Bertz CT molecular complexity index is 1070. The Morgan fingerprint density at radius 1 is 1.25 bits per heavy atom.